The van der Waals surface area contributed by atoms with E-state index in [1.54, 1.807) is 25.5 Å². The van der Waals surface area contributed by atoms with E-state index in [2.05, 4.69) is 10.1 Å². The molecule has 2 aromatic rings. The number of ether oxygens (including phenoxy) is 1. The molecule has 7 nitrogen and oxygen atoms in total. The largest absolute Gasteiger partial charge is 0.459 e. The molecule has 2 rings (SSSR count). The van der Waals surface area contributed by atoms with Gasteiger partial charge in [0.1, 0.15) is 0 Å². The lowest BCUT2D eigenvalue weighted by atomic mass is 10.4. The van der Waals surface area contributed by atoms with Crippen molar-refractivity contribution < 1.29 is 18.8 Å². The lowest BCUT2D eigenvalue weighted by molar-refractivity contribution is 0.124. The van der Waals surface area contributed by atoms with Gasteiger partial charge in [-0.1, -0.05) is 5.16 Å². The van der Waals surface area contributed by atoms with Crippen LogP contribution in [0, 0.1) is 0 Å². The molecule has 7 heteroatoms. The lowest BCUT2D eigenvalue weighted by Crippen LogP contribution is -2.30. The van der Waals surface area contributed by atoms with Crippen LogP contribution in [-0.2, 0) is 11.3 Å². The van der Waals surface area contributed by atoms with Gasteiger partial charge in [-0.15, -0.1) is 0 Å². The molecule has 0 unspecified atom stereocenters. The van der Waals surface area contributed by atoms with Crippen LogP contribution in [-0.4, -0.2) is 53.6 Å². The van der Waals surface area contributed by atoms with Gasteiger partial charge in [0.25, 0.3) is 5.89 Å². The zero-order valence-corrected chi connectivity index (χ0v) is 10.8. The predicted molar refractivity (Wildman–Crippen MR) is 66.2 cm³/mol. The third-order valence-electron chi connectivity index (χ3n) is 2.59. The highest BCUT2D eigenvalue weighted by Crippen LogP contribution is 2.17. The fraction of sp³-hybridized carbons (Fsp3) is 0.500. The molecule has 0 aromatic carbocycles. The monoisotopic (exact) mass is 267 g/mol. The number of aliphatic hydroxyl groups is 1. The van der Waals surface area contributed by atoms with Crippen molar-refractivity contribution in [3.05, 3.63) is 24.2 Å². The van der Waals surface area contributed by atoms with Gasteiger partial charge in [-0.2, -0.15) is 4.98 Å². The smallest absolute Gasteiger partial charge is 0.293 e. The van der Waals surface area contributed by atoms with E-state index in [-0.39, 0.29) is 6.61 Å². The van der Waals surface area contributed by atoms with Crippen molar-refractivity contribution in [2.75, 3.05) is 33.4 Å². The molecule has 1 N–H and O–H groups in total. The molecule has 0 amide bonds. The average Bonchev–Trinajstić information content (AvgIpc) is 3.06. The second-order valence-electron chi connectivity index (χ2n) is 3.99. The summed E-state index contributed by atoms with van der Waals surface area (Å²) in [6.45, 7) is 2.39. The highest BCUT2D eigenvalue weighted by atomic mass is 16.5. The van der Waals surface area contributed by atoms with E-state index in [0.717, 1.165) is 0 Å². The Bertz CT molecular complexity index is 469. The zero-order valence-electron chi connectivity index (χ0n) is 10.8. The Labute approximate surface area is 110 Å². The molecule has 0 aliphatic carbocycles. The Morgan fingerprint density at radius 3 is 3.00 bits per heavy atom. The second kappa shape index (κ2) is 7.03. The average molecular weight is 267 g/mol. The molecule has 19 heavy (non-hydrogen) atoms. The Morgan fingerprint density at radius 1 is 1.42 bits per heavy atom. The van der Waals surface area contributed by atoms with Crippen molar-refractivity contribution in [1.29, 1.82) is 0 Å². The van der Waals surface area contributed by atoms with E-state index in [1.807, 2.05) is 4.90 Å². The van der Waals surface area contributed by atoms with Gasteiger partial charge in [-0.05, 0) is 12.1 Å². The quantitative estimate of drug-likeness (QED) is 0.756. The Morgan fingerprint density at radius 2 is 2.32 bits per heavy atom. The lowest BCUT2D eigenvalue weighted by Gasteiger charge is -2.18. The van der Waals surface area contributed by atoms with E-state index in [0.29, 0.717) is 43.7 Å². The van der Waals surface area contributed by atoms with Crippen LogP contribution >= 0.6 is 0 Å². The van der Waals surface area contributed by atoms with Crippen molar-refractivity contribution in [2.24, 2.45) is 0 Å². The summed E-state index contributed by atoms with van der Waals surface area (Å²) in [7, 11) is 1.64. The Hall–Kier alpha value is -1.70. The molecule has 0 bridgehead atoms. The number of rotatable bonds is 8. The SMILES string of the molecule is COCCN(CCO)Cc1noc(-c2ccco2)n1. The van der Waals surface area contributed by atoms with Crippen LogP contribution in [0.1, 0.15) is 5.82 Å². The van der Waals surface area contributed by atoms with E-state index in [1.165, 1.54) is 0 Å². The summed E-state index contributed by atoms with van der Waals surface area (Å²) in [6, 6.07) is 3.52. The number of furan rings is 1. The van der Waals surface area contributed by atoms with Gasteiger partial charge in [0, 0.05) is 20.2 Å². The first kappa shape index (κ1) is 13.7. The first-order valence-corrected chi connectivity index (χ1v) is 6.02. The van der Waals surface area contributed by atoms with Gasteiger partial charge < -0.3 is 18.8 Å². The van der Waals surface area contributed by atoms with Crippen LogP contribution in [0.2, 0.25) is 0 Å². The maximum absolute atomic E-state index is 9.01. The number of hydrogen-bond acceptors (Lipinski definition) is 7. The topological polar surface area (TPSA) is 84.8 Å². The first-order chi connectivity index (χ1) is 9.33. The molecule has 0 aliphatic rings. The maximum atomic E-state index is 9.01. The molecular formula is C12H17N3O4. The van der Waals surface area contributed by atoms with E-state index >= 15 is 0 Å². The van der Waals surface area contributed by atoms with Gasteiger partial charge in [0.15, 0.2) is 11.6 Å². The summed E-state index contributed by atoms with van der Waals surface area (Å²) in [4.78, 5) is 6.23. The van der Waals surface area contributed by atoms with Crippen LogP contribution in [0.15, 0.2) is 27.3 Å². The number of aromatic nitrogens is 2. The molecular weight excluding hydrogens is 250 g/mol. The summed E-state index contributed by atoms with van der Waals surface area (Å²) < 4.78 is 15.3. The van der Waals surface area contributed by atoms with E-state index in [9.17, 15) is 0 Å². The Kier molecular flexibility index (Phi) is 5.08. The van der Waals surface area contributed by atoms with Gasteiger partial charge in [-0.3, -0.25) is 4.90 Å². The molecule has 2 aromatic heterocycles. The molecule has 2 heterocycles. The number of aliphatic hydroxyl groups excluding tert-OH is 1. The minimum Gasteiger partial charge on any atom is -0.459 e. The van der Waals surface area contributed by atoms with Crippen LogP contribution in [0.5, 0.6) is 0 Å². The number of methoxy groups -OCH3 is 1. The molecule has 0 fully saturated rings. The van der Waals surface area contributed by atoms with Gasteiger partial charge >= 0.3 is 0 Å². The molecule has 0 aliphatic heterocycles. The standard InChI is InChI=1S/C12H17N3O4/c1-17-8-5-15(4-6-16)9-11-13-12(19-14-11)10-3-2-7-18-10/h2-3,7,16H,4-6,8-9H2,1H3. The predicted octanol–water partition coefficient (Wildman–Crippen LogP) is 0.770. The first-order valence-electron chi connectivity index (χ1n) is 6.02. The molecule has 0 radical (unpaired) electrons. The summed E-state index contributed by atoms with van der Waals surface area (Å²) in [5.41, 5.74) is 0. The van der Waals surface area contributed by atoms with Gasteiger partial charge in [-0.25, -0.2) is 0 Å². The molecule has 104 valence electrons. The second-order valence-corrected chi connectivity index (χ2v) is 3.99. The van der Waals surface area contributed by atoms with E-state index < -0.39 is 0 Å². The Balaban J connectivity index is 1.97. The van der Waals surface area contributed by atoms with Crippen molar-refractivity contribution in [1.82, 2.24) is 15.0 Å². The highest BCUT2D eigenvalue weighted by molar-refractivity contribution is 5.42. The van der Waals surface area contributed by atoms with Gasteiger partial charge in [0.05, 0.1) is 26.0 Å². The summed E-state index contributed by atoms with van der Waals surface area (Å²) in [6.07, 6.45) is 1.55. The normalized spacial score (nSPS) is 11.3. The van der Waals surface area contributed by atoms with Crippen molar-refractivity contribution in [2.45, 2.75) is 6.54 Å². The van der Waals surface area contributed by atoms with Crippen molar-refractivity contribution in [3.63, 3.8) is 0 Å². The van der Waals surface area contributed by atoms with Gasteiger partial charge in [0.2, 0.25) is 0 Å². The molecule has 0 saturated heterocycles. The van der Waals surface area contributed by atoms with Crippen molar-refractivity contribution >= 4 is 0 Å². The third kappa shape index (κ3) is 3.88. The zero-order chi connectivity index (χ0) is 13.5. The third-order valence-corrected chi connectivity index (χ3v) is 2.59. The summed E-state index contributed by atoms with van der Waals surface area (Å²) >= 11 is 0. The minimum absolute atomic E-state index is 0.0760. The fourth-order valence-corrected chi connectivity index (χ4v) is 1.65. The van der Waals surface area contributed by atoms with Crippen molar-refractivity contribution in [3.8, 4) is 11.7 Å². The minimum atomic E-state index is 0.0760. The van der Waals surface area contributed by atoms with Crippen LogP contribution in [0.4, 0.5) is 0 Å². The summed E-state index contributed by atoms with van der Waals surface area (Å²) in [5.74, 6) is 1.45. The fourth-order valence-electron chi connectivity index (χ4n) is 1.65. The number of nitrogens with zero attached hydrogens (tertiary/aromatic N) is 3. The van der Waals surface area contributed by atoms with Crippen LogP contribution in [0.3, 0.4) is 0 Å². The molecule has 0 spiro atoms. The summed E-state index contributed by atoms with van der Waals surface area (Å²) in [5, 5.41) is 12.9. The van der Waals surface area contributed by atoms with Crippen LogP contribution < -0.4 is 0 Å². The number of hydrogen-bond donors (Lipinski definition) is 1. The highest BCUT2D eigenvalue weighted by Gasteiger charge is 2.14. The van der Waals surface area contributed by atoms with E-state index in [4.69, 9.17) is 18.8 Å². The molecule has 0 saturated carbocycles. The molecule has 0 atom stereocenters. The van der Waals surface area contributed by atoms with Crippen LogP contribution in [0.25, 0.3) is 11.7 Å². The maximum Gasteiger partial charge on any atom is 0.293 e.